The summed E-state index contributed by atoms with van der Waals surface area (Å²) in [5.41, 5.74) is 2.53. The molecule has 1 unspecified atom stereocenters. The molecule has 2 aromatic rings. The monoisotopic (exact) mass is 273 g/mol. The van der Waals surface area contributed by atoms with E-state index in [9.17, 15) is 0 Å². The summed E-state index contributed by atoms with van der Waals surface area (Å²) in [7, 11) is 5.90. The van der Waals surface area contributed by atoms with Crippen LogP contribution in [0, 0.1) is 0 Å². The molecule has 0 saturated heterocycles. The van der Waals surface area contributed by atoms with Crippen LogP contribution >= 0.6 is 0 Å². The van der Waals surface area contributed by atoms with Crippen molar-refractivity contribution < 1.29 is 4.74 Å². The highest BCUT2D eigenvalue weighted by Gasteiger charge is 2.14. The van der Waals surface area contributed by atoms with Crippen molar-refractivity contribution in [2.45, 2.75) is 12.6 Å². The Hall–Kier alpha value is -1.78. The van der Waals surface area contributed by atoms with Gasteiger partial charge in [0.25, 0.3) is 0 Å². The number of nitrogens with one attached hydrogen (secondary N) is 2. The maximum absolute atomic E-state index is 5.31. The third kappa shape index (κ3) is 3.85. The number of H-pyrrole nitrogens is 1. The number of likely N-dealkylation sites (N-methyl/N-ethyl adjacent to an activating group) is 1. The summed E-state index contributed by atoms with van der Waals surface area (Å²) in [5, 5.41) is 3.50. The first-order valence-electron chi connectivity index (χ1n) is 6.83. The lowest BCUT2D eigenvalue weighted by Gasteiger charge is -2.25. The first kappa shape index (κ1) is 14.6. The number of methoxy groups -OCH3 is 1. The summed E-state index contributed by atoms with van der Waals surface area (Å²) in [6.45, 7) is 1.77. The number of hydrogen-bond acceptors (Lipinski definition) is 3. The highest BCUT2D eigenvalue weighted by atomic mass is 16.5. The maximum Gasteiger partial charge on any atom is 0.119 e. The van der Waals surface area contributed by atoms with Crippen molar-refractivity contribution in [2.24, 2.45) is 0 Å². The van der Waals surface area contributed by atoms with Crippen molar-refractivity contribution in [3.8, 4) is 5.75 Å². The van der Waals surface area contributed by atoms with Gasteiger partial charge in [0.2, 0.25) is 0 Å². The Labute approximate surface area is 120 Å². The van der Waals surface area contributed by atoms with Crippen LogP contribution in [0.25, 0.3) is 0 Å². The minimum absolute atomic E-state index is 0.323. The second kappa shape index (κ2) is 7.12. The SMILES string of the molecule is COc1cccc(C(CNCc2cc[nH]c2)N(C)C)c1. The molecule has 1 aromatic carbocycles. The average molecular weight is 273 g/mol. The third-order valence-corrected chi connectivity index (χ3v) is 3.43. The molecule has 1 heterocycles. The van der Waals surface area contributed by atoms with E-state index >= 15 is 0 Å². The minimum atomic E-state index is 0.323. The lowest BCUT2D eigenvalue weighted by atomic mass is 10.1. The summed E-state index contributed by atoms with van der Waals surface area (Å²) in [6, 6.07) is 10.7. The molecular weight excluding hydrogens is 250 g/mol. The van der Waals surface area contributed by atoms with Crippen LogP contribution in [0.3, 0.4) is 0 Å². The molecule has 2 rings (SSSR count). The van der Waals surface area contributed by atoms with Gasteiger partial charge in [-0.2, -0.15) is 0 Å². The van der Waals surface area contributed by atoms with Crippen LogP contribution in [0.2, 0.25) is 0 Å². The van der Waals surface area contributed by atoms with E-state index in [2.05, 4.69) is 47.5 Å². The van der Waals surface area contributed by atoms with Gasteiger partial charge in [-0.15, -0.1) is 0 Å². The van der Waals surface area contributed by atoms with Gasteiger partial charge in [0.15, 0.2) is 0 Å². The second-order valence-electron chi connectivity index (χ2n) is 5.11. The molecule has 0 aliphatic rings. The van der Waals surface area contributed by atoms with Crippen molar-refractivity contribution in [1.29, 1.82) is 0 Å². The van der Waals surface area contributed by atoms with Crippen LogP contribution in [0.15, 0.2) is 42.7 Å². The van der Waals surface area contributed by atoms with Crippen LogP contribution in [0.4, 0.5) is 0 Å². The number of rotatable bonds is 7. The Morgan fingerprint density at radius 1 is 1.30 bits per heavy atom. The van der Waals surface area contributed by atoms with Crippen LogP contribution in [-0.2, 0) is 6.54 Å². The Morgan fingerprint density at radius 2 is 2.15 bits per heavy atom. The van der Waals surface area contributed by atoms with E-state index in [1.54, 1.807) is 7.11 Å². The number of hydrogen-bond donors (Lipinski definition) is 2. The van der Waals surface area contributed by atoms with Crippen molar-refractivity contribution in [3.63, 3.8) is 0 Å². The van der Waals surface area contributed by atoms with E-state index in [0.717, 1.165) is 18.8 Å². The molecule has 0 aliphatic carbocycles. The van der Waals surface area contributed by atoms with Crippen LogP contribution in [-0.4, -0.2) is 37.6 Å². The lowest BCUT2D eigenvalue weighted by molar-refractivity contribution is 0.287. The van der Waals surface area contributed by atoms with Gasteiger partial charge in [0.1, 0.15) is 5.75 Å². The molecule has 108 valence electrons. The van der Waals surface area contributed by atoms with E-state index in [1.165, 1.54) is 11.1 Å². The van der Waals surface area contributed by atoms with Gasteiger partial charge >= 0.3 is 0 Å². The maximum atomic E-state index is 5.31. The van der Waals surface area contributed by atoms with Gasteiger partial charge in [-0.3, -0.25) is 0 Å². The molecule has 4 nitrogen and oxygen atoms in total. The fourth-order valence-corrected chi connectivity index (χ4v) is 2.27. The Kier molecular flexibility index (Phi) is 5.21. The van der Waals surface area contributed by atoms with Crippen molar-refractivity contribution in [1.82, 2.24) is 15.2 Å². The summed E-state index contributed by atoms with van der Waals surface area (Å²) < 4.78 is 5.31. The molecular formula is C16H23N3O. The van der Waals surface area contributed by atoms with E-state index in [0.29, 0.717) is 6.04 Å². The highest BCUT2D eigenvalue weighted by Crippen LogP contribution is 2.22. The summed E-state index contributed by atoms with van der Waals surface area (Å²) >= 11 is 0. The molecule has 0 fully saturated rings. The first-order chi connectivity index (χ1) is 9.70. The molecule has 0 bridgehead atoms. The fourth-order valence-electron chi connectivity index (χ4n) is 2.27. The summed E-state index contributed by atoms with van der Waals surface area (Å²) in [4.78, 5) is 5.29. The zero-order chi connectivity index (χ0) is 14.4. The molecule has 2 N–H and O–H groups in total. The molecule has 0 amide bonds. The molecule has 1 aromatic heterocycles. The van der Waals surface area contributed by atoms with Crippen molar-refractivity contribution in [3.05, 3.63) is 53.9 Å². The highest BCUT2D eigenvalue weighted by molar-refractivity contribution is 5.30. The quantitative estimate of drug-likeness (QED) is 0.814. The summed E-state index contributed by atoms with van der Waals surface area (Å²) in [5.74, 6) is 0.903. The molecule has 0 saturated carbocycles. The molecule has 0 aliphatic heterocycles. The topological polar surface area (TPSA) is 40.3 Å². The predicted molar refractivity (Wildman–Crippen MR) is 81.9 cm³/mol. The van der Waals surface area contributed by atoms with Crippen molar-refractivity contribution in [2.75, 3.05) is 27.7 Å². The number of benzene rings is 1. The molecule has 4 heteroatoms. The van der Waals surface area contributed by atoms with Gasteiger partial charge in [0.05, 0.1) is 7.11 Å². The Bertz CT molecular complexity index is 508. The smallest absolute Gasteiger partial charge is 0.119 e. The Morgan fingerprint density at radius 3 is 2.80 bits per heavy atom. The lowest BCUT2D eigenvalue weighted by Crippen LogP contribution is -2.30. The van der Waals surface area contributed by atoms with Crippen molar-refractivity contribution >= 4 is 0 Å². The standard InChI is InChI=1S/C16H23N3O/c1-19(2)16(12-18-11-13-7-8-17-10-13)14-5-4-6-15(9-14)20-3/h4-10,16-18H,11-12H2,1-3H3. The van der Waals surface area contributed by atoms with E-state index < -0.39 is 0 Å². The van der Waals surface area contributed by atoms with Crippen LogP contribution in [0.5, 0.6) is 5.75 Å². The number of aromatic nitrogens is 1. The predicted octanol–water partition coefficient (Wildman–Crippen LogP) is 2.42. The second-order valence-corrected chi connectivity index (χ2v) is 5.11. The minimum Gasteiger partial charge on any atom is -0.497 e. The average Bonchev–Trinajstić information content (AvgIpc) is 2.96. The zero-order valence-corrected chi connectivity index (χ0v) is 12.4. The van der Waals surface area contributed by atoms with Gasteiger partial charge in [-0.25, -0.2) is 0 Å². The number of aromatic amines is 1. The van der Waals surface area contributed by atoms with E-state index in [1.807, 2.05) is 24.5 Å². The van der Waals surface area contributed by atoms with Crippen LogP contribution < -0.4 is 10.1 Å². The summed E-state index contributed by atoms with van der Waals surface area (Å²) in [6.07, 6.45) is 3.96. The third-order valence-electron chi connectivity index (χ3n) is 3.43. The first-order valence-corrected chi connectivity index (χ1v) is 6.83. The molecule has 1 atom stereocenters. The van der Waals surface area contributed by atoms with E-state index in [-0.39, 0.29) is 0 Å². The molecule has 0 spiro atoms. The fraction of sp³-hybridized carbons (Fsp3) is 0.375. The molecule has 20 heavy (non-hydrogen) atoms. The van der Waals surface area contributed by atoms with Gasteiger partial charge < -0.3 is 19.9 Å². The normalized spacial score (nSPS) is 12.6. The number of nitrogens with zero attached hydrogens (tertiary/aromatic N) is 1. The number of ether oxygens (including phenoxy) is 1. The largest absolute Gasteiger partial charge is 0.497 e. The molecule has 0 radical (unpaired) electrons. The Balaban J connectivity index is 1.99. The van der Waals surface area contributed by atoms with Gasteiger partial charge in [-0.05, 0) is 43.4 Å². The van der Waals surface area contributed by atoms with Gasteiger partial charge in [-0.1, -0.05) is 12.1 Å². The van der Waals surface area contributed by atoms with E-state index in [4.69, 9.17) is 4.74 Å². The zero-order valence-electron chi connectivity index (χ0n) is 12.4. The van der Waals surface area contributed by atoms with Gasteiger partial charge in [0, 0.05) is 31.5 Å². The van der Waals surface area contributed by atoms with Crippen LogP contribution in [0.1, 0.15) is 17.2 Å².